The average molecular weight is 555 g/mol. The molecule has 1 saturated heterocycles. The summed E-state index contributed by atoms with van der Waals surface area (Å²) < 4.78 is 2.82. The zero-order chi connectivity index (χ0) is 29.2. The molecule has 0 aliphatic carbocycles. The van der Waals surface area contributed by atoms with Crippen LogP contribution >= 0.6 is 0 Å². The largest absolute Gasteiger partial charge is 0.493 e. The van der Waals surface area contributed by atoms with Gasteiger partial charge in [0.05, 0.1) is 22.7 Å². The second-order valence-electron chi connectivity index (χ2n) is 9.69. The standard InChI is InChI=1S/C34H26N4O4/c1-24(22-29-31(39)35(25-14-6-2-7-15-25)36(32(29)40)26-16-8-3-9-17-26)23-30-33(41)37(27-18-10-4-11-19-27)38(34(30)42)28-20-12-5-13-21-28/h2-23,39H,1H3/b24-22+. The van der Waals surface area contributed by atoms with E-state index in [1.165, 1.54) is 31.5 Å². The molecule has 8 heteroatoms. The molecule has 1 N–H and O–H groups in total. The van der Waals surface area contributed by atoms with Gasteiger partial charge in [-0.2, -0.15) is 0 Å². The molecule has 0 bridgehead atoms. The van der Waals surface area contributed by atoms with E-state index >= 15 is 0 Å². The molecule has 0 spiro atoms. The fraction of sp³-hybridized carbons (Fsp3) is 0.0294. The molecule has 1 aromatic heterocycles. The van der Waals surface area contributed by atoms with Gasteiger partial charge in [0, 0.05) is 0 Å². The van der Waals surface area contributed by atoms with Crippen molar-refractivity contribution in [1.29, 1.82) is 0 Å². The third-order valence-electron chi connectivity index (χ3n) is 6.86. The highest BCUT2D eigenvalue weighted by Crippen LogP contribution is 2.32. The lowest BCUT2D eigenvalue weighted by molar-refractivity contribution is -0.116. The Labute approximate surface area is 241 Å². The third kappa shape index (κ3) is 4.61. The summed E-state index contributed by atoms with van der Waals surface area (Å²) in [5.41, 5.74) is 2.16. The van der Waals surface area contributed by atoms with Crippen LogP contribution in [0.2, 0.25) is 0 Å². The Morgan fingerprint density at radius 3 is 1.38 bits per heavy atom. The van der Waals surface area contributed by atoms with E-state index in [1.54, 1.807) is 91.9 Å². The number of para-hydroxylation sites is 4. The topological polar surface area (TPSA) is 87.8 Å². The number of benzene rings is 4. The first-order valence-corrected chi connectivity index (χ1v) is 13.3. The van der Waals surface area contributed by atoms with E-state index in [2.05, 4.69) is 0 Å². The molecule has 5 aromatic rings. The molecule has 8 nitrogen and oxygen atoms in total. The van der Waals surface area contributed by atoms with Crippen LogP contribution < -0.4 is 15.6 Å². The Hall–Kier alpha value is -5.89. The fourth-order valence-electron chi connectivity index (χ4n) is 4.97. The summed E-state index contributed by atoms with van der Waals surface area (Å²) in [7, 11) is 0. The molecule has 6 rings (SSSR count). The zero-order valence-corrected chi connectivity index (χ0v) is 22.7. The predicted molar refractivity (Wildman–Crippen MR) is 163 cm³/mol. The molecular formula is C34H26N4O4. The second kappa shape index (κ2) is 10.9. The van der Waals surface area contributed by atoms with Crippen molar-refractivity contribution in [3.63, 3.8) is 0 Å². The van der Waals surface area contributed by atoms with E-state index in [4.69, 9.17) is 0 Å². The van der Waals surface area contributed by atoms with Crippen LogP contribution in [0.4, 0.5) is 11.4 Å². The molecule has 0 radical (unpaired) electrons. The number of hydrogen-bond donors (Lipinski definition) is 1. The lowest BCUT2D eigenvalue weighted by Gasteiger charge is -2.27. The monoisotopic (exact) mass is 554 g/mol. The number of hydrazine groups is 1. The lowest BCUT2D eigenvalue weighted by atomic mass is 10.1. The molecule has 42 heavy (non-hydrogen) atoms. The minimum absolute atomic E-state index is 0.0229. The lowest BCUT2D eigenvalue weighted by Crippen LogP contribution is -2.41. The van der Waals surface area contributed by atoms with Crippen molar-refractivity contribution in [3.05, 3.63) is 154 Å². The Balaban J connectivity index is 1.46. The number of hydrogen-bond acceptors (Lipinski definition) is 4. The first-order valence-electron chi connectivity index (χ1n) is 13.3. The summed E-state index contributed by atoms with van der Waals surface area (Å²) in [6.07, 6.45) is 2.94. The van der Waals surface area contributed by atoms with E-state index in [1.807, 2.05) is 36.4 Å². The van der Waals surface area contributed by atoms with Crippen LogP contribution in [0.5, 0.6) is 5.88 Å². The molecule has 1 aliphatic heterocycles. The number of carbonyl (C=O) groups is 2. The summed E-state index contributed by atoms with van der Waals surface area (Å²) in [4.78, 5) is 41.1. The highest BCUT2D eigenvalue weighted by Gasteiger charge is 2.42. The molecule has 0 saturated carbocycles. The van der Waals surface area contributed by atoms with Gasteiger partial charge in [-0.3, -0.25) is 14.4 Å². The van der Waals surface area contributed by atoms with Gasteiger partial charge < -0.3 is 5.11 Å². The van der Waals surface area contributed by atoms with E-state index in [-0.39, 0.29) is 17.0 Å². The van der Waals surface area contributed by atoms with Gasteiger partial charge in [-0.25, -0.2) is 19.4 Å². The summed E-state index contributed by atoms with van der Waals surface area (Å²) in [6.45, 7) is 1.68. The maximum absolute atomic E-state index is 13.7. The first-order chi connectivity index (χ1) is 20.5. The number of allylic oxidation sites excluding steroid dienone is 2. The second-order valence-corrected chi connectivity index (χ2v) is 9.69. The molecule has 206 valence electrons. The average Bonchev–Trinajstić information content (AvgIpc) is 3.42. The van der Waals surface area contributed by atoms with Gasteiger partial charge in [-0.15, -0.1) is 0 Å². The Morgan fingerprint density at radius 2 is 0.952 bits per heavy atom. The SMILES string of the molecule is C/C(C=C1C(=O)N(c2ccccc2)N(c2ccccc2)C1=O)=C\c1c(O)n(-c2ccccc2)n(-c2ccccc2)c1=O. The molecule has 1 fully saturated rings. The van der Waals surface area contributed by atoms with Crippen LogP contribution in [0, 0.1) is 0 Å². The molecule has 4 aromatic carbocycles. The quantitative estimate of drug-likeness (QED) is 0.217. The van der Waals surface area contributed by atoms with Gasteiger partial charge in [-0.05, 0) is 73.2 Å². The van der Waals surface area contributed by atoms with Crippen molar-refractivity contribution < 1.29 is 14.7 Å². The minimum Gasteiger partial charge on any atom is -0.493 e. The van der Waals surface area contributed by atoms with Crippen LogP contribution in [0.15, 0.2) is 143 Å². The highest BCUT2D eigenvalue weighted by molar-refractivity contribution is 6.36. The van der Waals surface area contributed by atoms with E-state index < -0.39 is 17.4 Å². The summed E-state index contributed by atoms with van der Waals surface area (Å²) in [6, 6.07) is 35.9. The van der Waals surface area contributed by atoms with Gasteiger partial charge >= 0.3 is 0 Å². The number of rotatable bonds is 6. The smallest absolute Gasteiger partial charge is 0.283 e. The van der Waals surface area contributed by atoms with E-state index in [0.29, 0.717) is 28.3 Å². The van der Waals surface area contributed by atoms with Crippen LogP contribution in [0.3, 0.4) is 0 Å². The van der Waals surface area contributed by atoms with Crippen molar-refractivity contribution in [2.24, 2.45) is 0 Å². The molecule has 0 unspecified atom stereocenters. The minimum atomic E-state index is -0.504. The highest BCUT2D eigenvalue weighted by atomic mass is 16.3. The van der Waals surface area contributed by atoms with Gasteiger partial charge in [-0.1, -0.05) is 72.8 Å². The summed E-state index contributed by atoms with van der Waals surface area (Å²) in [5, 5.41) is 14.0. The summed E-state index contributed by atoms with van der Waals surface area (Å²) >= 11 is 0. The molecule has 2 heterocycles. The van der Waals surface area contributed by atoms with Crippen LogP contribution in [-0.4, -0.2) is 26.3 Å². The maximum Gasteiger partial charge on any atom is 0.283 e. The molecular weight excluding hydrogens is 528 g/mol. The molecule has 1 aliphatic rings. The normalized spacial score (nSPS) is 13.6. The number of nitrogens with zero attached hydrogens (tertiary/aromatic N) is 4. The van der Waals surface area contributed by atoms with Crippen LogP contribution in [0.1, 0.15) is 12.5 Å². The fourth-order valence-corrected chi connectivity index (χ4v) is 4.97. The Morgan fingerprint density at radius 1 is 0.571 bits per heavy atom. The van der Waals surface area contributed by atoms with Crippen molar-refractivity contribution in [2.45, 2.75) is 6.92 Å². The van der Waals surface area contributed by atoms with Gasteiger partial charge in [0.1, 0.15) is 11.1 Å². The van der Waals surface area contributed by atoms with Gasteiger partial charge in [0.25, 0.3) is 17.4 Å². The first kappa shape index (κ1) is 26.3. The number of aromatic nitrogens is 2. The number of aromatic hydroxyl groups is 1. The van der Waals surface area contributed by atoms with Crippen molar-refractivity contribution in [2.75, 3.05) is 10.0 Å². The van der Waals surface area contributed by atoms with Crippen molar-refractivity contribution in [1.82, 2.24) is 9.36 Å². The van der Waals surface area contributed by atoms with Gasteiger partial charge in [0.15, 0.2) is 0 Å². The number of carbonyl (C=O) groups excluding carboxylic acids is 2. The zero-order valence-electron chi connectivity index (χ0n) is 22.7. The van der Waals surface area contributed by atoms with Crippen LogP contribution in [-0.2, 0) is 9.59 Å². The molecule has 0 atom stereocenters. The van der Waals surface area contributed by atoms with Crippen molar-refractivity contribution in [3.8, 4) is 17.3 Å². The molecule has 2 amide bonds. The maximum atomic E-state index is 13.7. The number of anilines is 2. The van der Waals surface area contributed by atoms with Gasteiger partial charge in [0.2, 0.25) is 5.88 Å². The predicted octanol–water partition coefficient (Wildman–Crippen LogP) is 5.66. The van der Waals surface area contributed by atoms with Crippen LogP contribution in [0.25, 0.3) is 17.5 Å². The van der Waals surface area contributed by atoms with Crippen molar-refractivity contribution >= 4 is 29.3 Å². The van der Waals surface area contributed by atoms with E-state index in [0.717, 1.165) is 0 Å². The third-order valence-corrected chi connectivity index (χ3v) is 6.86. The van der Waals surface area contributed by atoms with E-state index in [9.17, 15) is 19.5 Å². The number of amides is 2. The Bertz CT molecular complexity index is 1830. The summed E-state index contributed by atoms with van der Waals surface area (Å²) in [5.74, 6) is -1.28. The Kier molecular flexibility index (Phi) is 6.86.